The van der Waals surface area contributed by atoms with E-state index in [1.54, 1.807) is 0 Å². The van der Waals surface area contributed by atoms with Crippen molar-refractivity contribution in [2.24, 2.45) is 5.14 Å². The van der Waals surface area contributed by atoms with Crippen molar-refractivity contribution in [3.63, 3.8) is 0 Å². The van der Waals surface area contributed by atoms with Gasteiger partial charge in [-0.25, -0.2) is 9.93 Å². The van der Waals surface area contributed by atoms with Crippen LogP contribution in [0.1, 0.15) is 5.56 Å². The third-order valence-electron chi connectivity index (χ3n) is 1.99. The molecular formula is C8H9N3O6S. The van der Waals surface area contributed by atoms with E-state index < -0.39 is 27.8 Å². The Balaban J connectivity index is 2.96. The molecule has 0 saturated heterocycles. The molecule has 0 aliphatic rings. The van der Waals surface area contributed by atoms with Gasteiger partial charge >= 0.3 is 16.3 Å². The Kier molecular flexibility index (Phi) is 3.83. The predicted octanol–water partition coefficient (Wildman–Crippen LogP) is 0.278. The molecule has 0 aliphatic carbocycles. The number of nitro groups is 1. The molecule has 0 atom stereocenters. The van der Waals surface area contributed by atoms with Gasteiger partial charge in [-0.05, 0) is 5.56 Å². The molecule has 0 spiro atoms. The molecule has 0 fully saturated rings. The highest BCUT2D eigenvalue weighted by Gasteiger charge is 2.23. The summed E-state index contributed by atoms with van der Waals surface area (Å²) in [5.74, 6) is 0. The van der Waals surface area contributed by atoms with Gasteiger partial charge in [-0.3, -0.25) is 10.1 Å². The van der Waals surface area contributed by atoms with Gasteiger partial charge in [0.1, 0.15) is 0 Å². The van der Waals surface area contributed by atoms with Crippen molar-refractivity contribution < 1.29 is 23.2 Å². The van der Waals surface area contributed by atoms with Crippen molar-refractivity contribution in [3.8, 4) is 0 Å². The van der Waals surface area contributed by atoms with Gasteiger partial charge in [0.25, 0.3) is 5.69 Å². The number of nitrogens with zero attached hydrogens (tertiary/aromatic N) is 2. The van der Waals surface area contributed by atoms with Gasteiger partial charge in [0.15, 0.2) is 0 Å². The molecule has 3 N–H and O–H groups in total. The number of rotatable bonds is 4. The Hall–Kier alpha value is -2.20. The number of carbonyl (C=O) groups is 1. The molecule has 0 heterocycles. The number of non-ortho nitro benzene ring substituents is 1. The largest absolute Gasteiger partial charge is 0.464 e. The molecular weight excluding hydrogens is 266 g/mol. The van der Waals surface area contributed by atoms with Crippen molar-refractivity contribution in [3.05, 3.63) is 39.9 Å². The topological polar surface area (TPSA) is 144 Å². The van der Waals surface area contributed by atoms with Crippen LogP contribution in [-0.4, -0.2) is 28.8 Å². The van der Waals surface area contributed by atoms with Gasteiger partial charge in [0.05, 0.1) is 11.5 Å². The van der Waals surface area contributed by atoms with Crippen LogP contribution in [0.5, 0.6) is 0 Å². The molecule has 0 unspecified atom stereocenters. The zero-order valence-corrected chi connectivity index (χ0v) is 9.70. The normalized spacial score (nSPS) is 10.9. The van der Waals surface area contributed by atoms with Crippen molar-refractivity contribution in [1.82, 2.24) is 4.31 Å². The van der Waals surface area contributed by atoms with E-state index in [2.05, 4.69) is 0 Å². The van der Waals surface area contributed by atoms with E-state index in [0.29, 0.717) is 0 Å². The second kappa shape index (κ2) is 4.98. The lowest BCUT2D eigenvalue weighted by Gasteiger charge is -2.15. The fraction of sp³-hybridized carbons (Fsp3) is 0.125. The molecule has 10 heteroatoms. The van der Waals surface area contributed by atoms with Gasteiger partial charge in [-0.2, -0.15) is 12.7 Å². The van der Waals surface area contributed by atoms with Crippen LogP contribution in [0.15, 0.2) is 24.3 Å². The van der Waals surface area contributed by atoms with E-state index in [4.69, 9.17) is 10.2 Å². The minimum Gasteiger partial charge on any atom is -0.464 e. The molecule has 0 radical (unpaired) electrons. The maximum absolute atomic E-state index is 11.0. The summed E-state index contributed by atoms with van der Waals surface area (Å²) in [7, 11) is -4.39. The van der Waals surface area contributed by atoms with Crippen molar-refractivity contribution in [2.75, 3.05) is 0 Å². The van der Waals surface area contributed by atoms with Gasteiger partial charge in [0.2, 0.25) is 0 Å². The molecule has 0 aromatic heterocycles. The molecule has 0 bridgehead atoms. The van der Waals surface area contributed by atoms with Crippen LogP contribution < -0.4 is 5.14 Å². The summed E-state index contributed by atoms with van der Waals surface area (Å²) in [6, 6.07) is 4.77. The summed E-state index contributed by atoms with van der Waals surface area (Å²) in [5.41, 5.74) is 0.0771. The number of amides is 1. The first kappa shape index (κ1) is 13.9. The van der Waals surface area contributed by atoms with E-state index in [1.807, 2.05) is 0 Å². The van der Waals surface area contributed by atoms with Crippen LogP contribution in [0.2, 0.25) is 0 Å². The van der Waals surface area contributed by atoms with Crippen LogP contribution >= 0.6 is 0 Å². The Bertz CT molecular complexity index is 567. The summed E-state index contributed by atoms with van der Waals surface area (Å²) in [6.45, 7) is -0.508. The monoisotopic (exact) mass is 275 g/mol. The predicted molar refractivity (Wildman–Crippen MR) is 59.8 cm³/mol. The summed E-state index contributed by atoms with van der Waals surface area (Å²) in [6.07, 6.45) is -1.73. The smallest absolute Gasteiger partial charge is 0.422 e. The highest BCUT2D eigenvalue weighted by Crippen LogP contribution is 2.14. The van der Waals surface area contributed by atoms with E-state index in [0.717, 1.165) is 12.1 Å². The zero-order valence-electron chi connectivity index (χ0n) is 8.88. The van der Waals surface area contributed by atoms with E-state index in [1.165, 1.54) is 12.1 Å². The Morgan fingerprint density at radius 1 is 1.39 bits per heavy atom. The van der Waals surface area contributed by atoms with Crippen LogP contribution in [0, 0.1) is 10.1 Å². The third kappa shape index (κ3) is 3.40. The Morgan fingerprint density at radius 3 is 2.22 bits per heavy atom. The highest BCUT2D eigenvalue weighted by atomic mass is 32.2. The molecule has 98 valence electrons. The van der Waals surface area contributed by atoms with Gasteiger partial charge in [0, 0.05) is 12.1 Å². The number of nitro benzene ring substituents is 1. The van der Waals surface area contributed by atoms with Crippen LogP contribution in [-0.2, 0) is 16.8 Å². The summed E-state index contributed by atoms with van der Waals surface area (Å²) < 4.78 is 22.0. The third-order valence-corrected chi connectivity index (χ3v) is 2.89. The zero-order chi connectivity index (χ0) is 13.9. The van der Waals surface area contributed by atoms with Gasteiger partial charge in [-0.1, -0.05) is 12.1 Å². The number of benzene rings is 1. The fourth-order valence-electron chi connectivity index (χ4n) is 1.16. The minimum atomic E-state index is -4.39. The lowest BCUT2D eigenvalue weighted by molar-refractivity contribution is -0.384. The average Bonchev–Trinajstić information content (AvgIpc) is 2.24. The minimum absolute atomic E-state index is 0.0359. The highest BCUT2D eigenvalue weighted by molar-refractivity contribution is 7.87. The first-order valence-electron chi connectivity index (χ1n) is 4.48. The SMILES string of the molecule is NS(=O)(=O)N(Cc1ccc([N+](=O)[O-])cc1)C(=O)O. The van der Waals surface area contributed by atoms with E-state index in [9.17, 15) is 23.3 Å². The van der Waals surface area contributed by atoms with Crippen LogP contribution in [0.4, 0.5) is 10.5 Å². The van der Waals surface area contributed by atoms with Crippen LogP contribution in [0.3, 0.4) is 0 Å². The standard InChI is InChI=1S/C8H9N3O6S/c9-18(16,17)10(8(12)13)5-6-1-3-7(4-2-6)11(14)15/h1-4H,5H2,(H,12,13)(H2,9,16,17). The Labute approximate surface area is 102 Å². The van der Waals surface area contributed by atoms with Gasteiger partial charge < -0.3 is 5.11 Å². The van der Waals surface area contributed by atoms with Crippen molar-refractivity contribution >= 4 is 22.0 Å². The maximum Gasteiger partial charge on any atom is 0.422 e. The summed E-state index contributed by atoms with van der Waals surface area (Å²) in [4.78, 5) is 20.4. The fourth-order valence-corrected chi connectivity index (χ4v) is 1.70. The number of nitrogens with two attached hydrogens (primary N) is 1. The average molecular weight is 275 g/mol. The molecule has 0 saturated carbocycles. The number of hydrogen-bond donors (Lipinski definition) is 2. The van der Waals surface area contributed by atoms with Crippen LogP contribution in [0.25, 0.3) is 0 Å². The van der Waals surface area contributed by atoms with Crippen molar-refractivity contribution in [2.45, 2.75) is 6.54 Å². The molecule has 18 heavy (non-hydrogen) atoms. The maximum atomic E-state index is 11.0. The number of carboxylic acid groups (broad SMARTS) is 1. The Morgan fingerprint density at radius 2 is 1.89 bits per heavy atom. The van der Waals surface area contributed by atoms with E-state index in [-0.39, 0.29) is 15.6 Å². The lowest BCUT2D eigenvalue weighted by Crippen LogP contribution is -2.39. The molecule has 1 aromatic carbocycles. The second-order valence-electron chi connectivity index (χ2n) is 3.26. The van der Waals surface area contributed by atoms with Gasteiger partial charge in [-0.15, -0.1) is 0 Å². The summed E-state index contributed by atoms with van der Waals surface area (Å²) >= 11 is 0. The molecule has 9 nitrogen and oxygen atoms in total. The van der Waals surface area contributed by atoms with E-state index >= 15 is 0 Å². The molecule has 0 aliphatic heterocycles. The van der Waals surface area contributed by atoms with Crippen molar-refractivity contribution in [1.29, 1.82) is 0 Å². The molecule has 1 rings (SSSR count). The first-order valence-corrected chi connectivity index (χ1v) is 5.99. The second-order valence-corrected chi connectivity index (χ2v) is 4.73. The quantitative estimate of drug-likeness (QED) is 0.596. The lowest BCUT2D eigenvalue weighted by atomic mass is 10.2. The summed E-state index contributed by atoms with van der Waals surface area (Å²) in [5, 5.41) is 23.8. The number of hydrogen-bond acceptors (Lipinski definition) is 5. The molecule has 1 amide bonds. The molecule has 1 aromatic rings. The first-order chi connectivity index (χ1) is 8.21.